The molecule has 4 heteroatoms. The lowest BCUT2D eigenvalue weighted by Gasteiger charge is -2.11. The quantitative estimate of drug-likeness (QED) is 0.527. The van der Waals surface area contributed by atoms with Gasteiger partial charge in [0, 0.05) is 22.6 Å². The van der Waals surface area contributed by atoms with Crippen molar-refractivity contribution in [1.82, 2.24) is 0 Å². The van der Waals surface area contributed by atoms with Crippen LogP contribution in [0.5, 0.6) is 5.75 Å². The summed E-state index contributed by atoms with van der Waals surface area (Å²) in [6.45, 7) is 3.76. The molecule has 24 heavy (non-hydrogen) atoms. The fourth-order valence-corrected chi connectivity index (χ4v) is 2.71. The average Bonchev–Trinajstić information content (AvgIpc) is 2.61. The normalized spacial score (nSPS) is 10.8. The van der Waals surface area contributed by atoms with Crippen molar-refractivity contribution in [1.29, 1.82) is 0 Å². The number of fused-ring (bicyclic) bond motifs is 1. The predicted molar refractivity (Wildman–Crippen MR) is 92.9 cm³/mol. The lowest BCUT2D eigenvalue weighted by molar-refractivity contribution is 0.0921. The Bertz CT molecular complexity index is 939. The highest BCUT2D eigenvalue weighted by molar-refractivity contribution is 5.97. The molecule has 4 nitrogen and oxygen atoms in total. The van der Waals surface area contributed by atoms with Gasteiger partial charge >= 0.3 is 5.63 Å². The van der Waals surface area contributed by atoms with E-state index in [0.717, 1.165) is 22.9 Å². The summed E-state index contributed by atoms with van der Waals surface area (Å²) < 4.78 is 11.0. The molecular weight excluding hydrogens is 304 g/mol. The molecule has 0 atom stereocenters. The molecule has 122 valence electrons. The van der Waals surface area contributed by atoms with Crippen LogP contribution in [-0.4, -0.2) is 12.4 Å². The largest absolute Gasteiger partial charge is 0.485 e. The molecular formula is C20H18O4. The zero-order valence-corrected chi connectivity index (χ0v) is 13.7. The van der Waals surface area contributed by atoms with Gasteiger partial charge in [0.1, 0.15) is 11.3 Å². The maximum atomic E-state index is 12.1. The Hall–Kier alpha value is -2.88. The fraction of sp³-hybridized carbons (Fsp3) is 0.200. The van der Waals surface area contributed by atoms with Crippen LogP contribution in [-0.2, 0) is 6.42 Å². The zero-order chi connectivity index (χ0) is 17.1. The Morgan fingerprint density at radius 1 is 1.12 bits per heavy atom. The first-order valence-electron chi connectivity index (χ1n) is 7.87. The van der Waals surface area contributed by atoms with Gasteiger partial charge in [0.15, 0.2) is 12.4 Å². The second-order valence-electron chi connectivity index (χ2n) is 5.59. The molecule has 0 bridgehead atoms. The smallest absolute Gasteiger partial charge is 0.336 e. The van der Waals surface area contributed by atoms with E-state index in [-0.39, 0.29) is 18.0 Å². The molecule has 0 spiro atoms. The molecule has 0 aliphatic rings. The van der Waals surface area contributed by atoms with E-state index in [0.29, 0.717) is 16.9 Å². The maximum absolute atomic E-state index is 12.1. The van der Waals surface area contributed by atoms with Crippen LogP contribution in [0, 0.1) is 6.92 Å². The number of Topliss-reactive ketones (excluding diaryl/α,β-unsaturated/α-hetero) is 1. The van der Waals surface area contributed by atoms with Crippen molar-refractivity contribution in [2.45, 2.75) is 20.3 Å². The summed E-state index contributed by atoms with van der Waals surface area (Å²) in [7, 11) is 0. The van der Waals surface area contributed by atoms with Gasteiger partial charge < -0.3 is 9.15 Å². The second-order valence-corrected chi connectivity index (χ2v) is 5.59. The average molecular weight is 322 g/mol. The summed E-state index contributed by atoms with van der Waals surface area (Å²) in [5.74, 6) is 0.446. The highest BCUT2D eigenvalue weighted by Crippen LogP contribution is 2.28. The summed E-state index contributed by atoms with van der Waals surface area (Å²) >= 11 is 0. The first kappa shape index (κ1) is 16.0. The van der Waals surface area contributed by atoms with E-state index >= 15 is 0 Å². The molecule has 0 aliphatic carbocycles. The van der Waals surface area contributed by atoms with E-state index in [1.165, 1.54) is 6.07 Å². The van der Waals surface area contributed by atoms with E-state index in [4.69, 9.17) is 9.15 Å². The molecule has 0 N–H and O–H groups in total. The minimum absolute atomic E-state index is 0.0614. The van der Waals surface area contributed by atoms with Gasteiger partial charge in [-0.2, -0.15) is 0 Å². The van der Waals surface area contributed by atoms with E-state index in [1.807, 2.05) is 44.2 Å². The summed E-state index contributed by atoms with van der Waals surface area (Å²) in [4.78, 5) is 23.9. The second kappa shape index (κ2) is 6.71. The monoisotopic (exact) mass is 322 g/mol. The van der Waals surface area contributed by atoms with Crippen molar-refractivity contribution in [3.05, 3.63) is 75.6 Å². The standard InChI is InChI=1S/C20H18O4/c1-3-14-11-19(22)24-20-13(2)18(10-9-16(14)20)23-12-17(21)15-7-5-4-6-8-15/h4-11H,3,12H2,1-2H3. The number of ketones is 1. The van der Waals surface area contributed by atoms with Gasteiger partial charge in [0.25, 0.3) is 0 Å². The first-order chi connectivity index (χ1) is 11.6. The van der Waals surface area contributed by atoms with Crippen LogP contribution in [0.1, 0.15) is 28.4 Å². The van der Waals surface area contributed by atoms with Crippen molar-refractivity contribution in [3.8, 4) is 5.75 Å². The van der Waals surface area contributed by atoms with Gasteiger partial charge in [0.05, 0.1) is 0 Å². The molecule has 3 rings (SSSR count). The van der Waals surface area contributed by atoms with Gasteiger partial charge in [-0.3, -0.25) is 4.79 Å². The number of hydrogen-bond acceptors (Lipinski definition) is 4. The van der Waals surface area contributed by atoms with Crippen molar-refractivity contribution < 1.29 is 13.9 Å². The SMILES string of the molecule is CCc1cc(=O)oc2c(C)c(OCC(=O)c3ccccc3)ccc12. The summed E-state index contributed by atoms with van der Waals surface area (Å²) in [6.07, 6.45) is 0.744. The van der Waals surface area contributed by atoms with Crippen LogP contribution >= 0.6 is 0 Å². The molecule has 1 aromatic heterocycles. The predicted octanol–water partition coefficient (Wildman–Crippen LogP) is 3.93. The van der Waals surface area contributed by atoms with Crippen molar-refractivity contribution in [3.63, 3.8) is 0 Å². The highest BCUT2D eigenvalue weighted by Gasteiger charge is 2.13. The number of ether oxygens (including phenoxy) is 1. The van der Waals surface area contributed by atoms with E-state index in [2.05, 4.69) is 0 Å². The zero-order valence-electron chi connectivity index (χ0n) is 13.7. The van der Waals surface area contributed by atoms with Gasteiger partial charge in [-0.15, -0.1) is 0 Å². The Balaban J connectivity index is 1.89. The van der Waals surface area contributed by atoms with Crippen LogP contribution in [0.3, 0.4) is 0 Å². The van der Waals surface area contributed by atoms with Gasteiger partial charge in [0.2, 0.25) is 0 Å². The van der Waals surface area contributed by atoms with Crippen LogP contribution in [0.15, 0.2) is 57.7 Å². The Kier molecular flexibility index (Phi) is 4.47. The number of aryl methyl sites for hydroxylation is 2. The van der Waals surface area contributed by atoms with Crippen molar-refractivity contribution in [2.24, 2.45) is 0 Å². The van der Waals surface area contributed by atoms with Crippen LogP contribution < -0.4 is 10.4 Å². The lowest BCUT2D eigenvalue weighted by atomic mass is 10.0. The van der Waals surface area contributed by atoms with Crippen LogP contribution in [0.4, 0.5) is 0 Å². The van der Waals surface area contributed by atoms with Gasteiger partial charge in [-0.05, 0) is 31.0 Å². The lowest BCUT2D eigenvalue weighted by Crippen LogP contribution is -2.12. The third-order valence-electron chi connectivity index (χ3n) is 4.03. The van der Waals surface area contributed by atoms with E-state index in [9.17, 15) is 9.59 Å². The van der Waals surface area contributed by atoms with Crippen molar-refractivity contribution in [2.75, 3.05) is 6.61 Å². The molecule has 0 fully saturated rings. The number of carbonyl (C=O) groups is 1. The molecule has 0 saturated carbocycles. The molecule has 0 radical (unpaired) electrons. The summed E-state index contributed by atoms with van der Waals surface area (Å²) in [6, 6.07) is 14.2. The van der Waals surface area contributed by atoms with E-state index < -0.39 is 0 Å². The summed E-state index contributed by atoms with van der Waals surface area (Å²) in [5, 5.41) is 0.899. The van der Waals surface area contributed by atoms with Crippen molar-refractivity contribution >= 4 is 16.8 Å². The topological polar surface area (TPSA) is 56.5 Å². The van der Waals surface area contributed by atoms with Crippen LogP contribution in [0.25, 0.3) is 11.0 Å². The number of rotatable bonds is 5. The molecule has 0 amide bonds. The number of hydrogen-bond donors (Lipinski definition) is 0. The third-order valence-corrected chi connectivity index (χ3v) is 4.03. The number of benzene rings is 2. The van der Waals surface area contributed by atoms with E-state index in [1.54, 1.807) is 12.1 Å². The molecule has 2 aromatic carbocycles. The van der Waals surface area contributed by atoms with Crippen LogP contribution in [0.2, 0.25) is 0 Å². The minimum atomic E-state index is -0.375. The Morgan fingerprint density at radius 2 is 1.88 bits per heavy atom. The number of carbonyl (C=O) groups excluding carboxylic acids is 1. The summed E-state index contributed by atoms with van der Waals surface area (Å²) in [5.41, 5.74) is 2.41. The third kappa shape index (κ3) is 3.08. The molecule has 3 aromatic rings. The minimum Gasteiger partial charge on any atom is -0.485 e. The Labute approximate surface area is 139 Å². The molecule has 0 unspecified atom stereocenters. The molecule has 1 heterocycles. The molecule has 0 saturated heterocycles. The molecule has 0 aliphatic heterocycles. The first-order valence-corrected chi connectivity index (χ1v) is 7.87. The Morgan fingerprint density at radius 3 is 2.58 bits per heavy atom. The fourth-order valence-electron chi connectivity index (χ4n) is 2.71. The van der Waals surface area contributed by atoms with Gasteiger partial charge in [-0.25, -0.2) is 4.79 Å². The highest BCUT2D eigenvalue weighted by atomic mass is 16.5. The van der Waals surface area contributed by atoms with Gasteiger partial charge in [-0.1, -0.05) is 37.3 Å². The maximum Gasteiger partial charge on any atom is 0.336 e.